The number of nitrogens with two attached hydrogens (primary N) is 1. The lowest BCUT2D eigenvalue weighted by atomic mass is 10.1. The Morgan fingerprint density at radius 1 is 1.41 bits per heavy atom. The van der Waals surface area contributed by atoms with Crippen LogP contribution in [0, 0.1) is 5.92 Å². The van der Waals surface area contributed by atoms with Gasteiger partial charge in [0.1, 0.15) is 0 Å². The second kappa shape index (κ2) is 4.13. The Bertz CT molecular complexity index is 415. The van der Waals surface area contributed by atoms with Crippen LogP contribution in [0.2, 0.25) is 0 Å². The number of nitrogen functional groups attached to an aromatic ring is 1. The molecule has 0 amide bonds. The molecule has 0 heterocycles. The lowest BCUT2D eigenvalue weighted by Gasteiger charge is -2.13. The van der Waals surface area contributed by atoms with Gasteiger partial charge in [-0.05, 0) is 30.5 Å². The van der Waals surface area contributed by atoms with Crippen molar-refractivity contribution in [2.75, 3.05) is 11.1 Å². The summed E-state index contributed by atoms with van der Waals surface area (Å²) in [5.41, 5.74) is 4.82. The molecule has 94 valence electrons. The lowest BCUT2D eigenvalue weighted by molar-refractivity contribution is -0.136. The van der Waals surface area contributed by atoms with Gasteiger partial charge in [0.05, 0.1) is 5.56 Å². The minimum atomic E-state index is -4.39. The second-order valence-electron chi connectivity index (χ2n) is 4.45. The molecule has 0 radical (unpaired) electrons. The Kier molecular flexibility index (Phi) is 2.93. The van der Waals surface area contributed by atoms with E-state index in [0.29, 0.717) is 17.6 Å². The predicted octanol–water partition coefficient (Wildman–Crippen LogP) is 3.50. The molecule has 1 aliphatic rings. The number of alkyl halides is 3. The van der Waals surface area contributed by atoms with Gasteiger partial charge in [-0.15, -0.1) is 0 Å². The van der Waals surface area contributed by atoms with Crippen molar-refractivity contribution in [1.29, 1.82) is 0 Å². The van der Waals surface area contributed by atoms with E-state index in [2.05, 4.69) is 12.2 Å². The molecule has 1 aromatic rings. The van der Waals surface area contributed by atoms with Crippen molar-refractivity contribution in [2.24, 2.45) is 5.92 Å². The first-order valence-corrected chi connectivity index (χ1v) is 5.65. The van der Waals surface area contributed by atoms with E-state index >= 15 is 0 Å². The fourth-order valence-corrected chi connectivity index (χ4v) is 1.98. The summed E-state index contributed by atoms with van der Waals surface area (Å²) in [4.78, 5) is 0. The highest BCUT2D eigenvalue weighted by atomic mass is 19.4. The SMILES string of the molecule is CCC1CC1Nc1ccc(N)c(C(F)(F)F)c1. The highest BCUT2D eigenvalue weighted by Crippen LogP contribution is 2.39. The standard InChI is InChI=1S/C12H15F3N2/c1-2-7-5-11(7)17-8-3-4-10(16)9(6-8)12(13,14)15/h3-4,6-7,11,17H,2,5,16H2,1H3. The maximum atomic E-state index is 12.6. The number of hydrogen-bond donors (Lipinski definition) is 2. The van der Waals surface area contributed by atoms with Crippen LogP contribution in [0.15, 0.2) is 18.2 Å². The van der Waals surface area contributed by atoms with Crippen LogP contribution in [0.1, 0.15) is 25.3 Å². The molecule has 1 aromatic carbocycles. The molecule has 3 N–H and O–H groups in total. The summed E-state index contributed by atoms with van der Waals surface area (Å²) >= 11 is 0. The summed E-state index contributed by atoms with van der Waals surface area (Å²) in [6.07, 6.45) is -2.31. The third-order valence-electron chi connectivity index (χ3n) is 3.16. The van der Waals surface area contributed by atoms with Gasteiger partial charge in [0.15, 0.2) is 0 Å². The van der Waals surface area contributed by atoms with Crippen LogP contribution >= 0.6 is 0 Å². The molecule has 1 fully saturated rings. The van der Waals surface area contributed by atoms with Crippen molar-refractivity contribution in [3.8, 4) is 0 Å². The zero-order valence-electron chi connectivity index (χ0n) is 9.51. The molecule has 0 spiro atoms. The molecule has 2 unspecified atom stereocenters. The van der Waals surface area contributed by atoms with Gasteiger partial charge in [-0.1, -0.05) is 13.3 Å². The van der Waals surface area contributed by atoms with E-state index in [1.54, 1.807) is 6.07 Å². The first kappa shape index (κ1) is 12.1. The van der Waals surface area contributed by atoms with Crippen LogP contribution < -0.4 is 11.1 Å². The average Bonchev–Trinajstić information content (AvgIpc) is 2.98. The Morgan fingerprint density at radius 2 is 2.12 bits per heavy atom. The van der Waals surface area contributed by atoms with Crippen LogP contribution in [0.4, 0.5) is 24.5 Å². The van der Waals surface area contributed by atoms with Crippen molar-refractivity contribution in [2.45, 2.75) is 32.0 Å². The minimum Gasteiger partial charge on any atom is -0.398 e. The Hall–Kier alpha value is -1.39. The number of hydrogen-bond acceptors (Lipinski definition) is 2. The van der Waals surface area contributed by atoms with Gasteiger partial charge in [-0.25, -0.2) is 0 Å². The fraction of sp³-hybridized carbons (Fsp3) is 0.500. The Labute approximate surface area is 98.0 Å². The molecule has 2 rings (SSSR count). The molecular formula is C12H15F3N2. The van der Waals surface area contributed by atoms with Gasteiger partial charge in [0.2, 0.25) is 0 Å². The van der Waals surface area contributed by atoms with Gasteiger partial charge in [-0.2, -0.15) is 13.2 Å². The quantitative estimate of drug-likeness (QED) is 0.799. The first-order valence-electron chi connectivity index (χ1n) is 5.65. The van der Waals surface area contributed by atoms with E-state index in [0.717, 1.165) is 18.9 Å². The van der Waals surface area contributed by atoms with Crippen molar-refractivity contribution in [1.82, 2.24) is 0 Å². The van der Waals surface area contributed by atoms with Gasteiger partial charge in [0.25, 0.3) is 0 Å². The maximum Gasteiger partial charge on any atom is 0.418 e. The molecule has 0 aromatic heterocycles. The lowest BCUT2D eigenvalue weighted by Crippen LogP contribution is -2.11. The van der Waals surface area contributed by atoms with Crippen LogP contribution in [0.25, 0.3) is 0 Å². The van der Waals surface area contributed by atoms with Gasteiger partial charge < -0.3 is 11.1 Å². The monoisotopic (exact) mass is 244 g/mol. The fourth-order valence-electron chi connectivity index (χ4n) is 1.98. The molecule has 2 atom stereocenters. The van der Waals surface area contributed by atoms with Gasteiger partial charge in [0, 0.05) is 17.4 Å². The number of nitrogens with one attached hydrogen (secondary N) is 1. The largest absolute Gasteiger partial charge is 0.418 e. The molecule has 5 heteroatoms. The Balaban J connectivity index is 2.14. The van der Waals surface area contributed by atoms with Crippen LogP contribution in [0.3, 0.4) is 0 Å². The topological polar surface area (TPSA) is 38.0 Å². The minimum absolute atomic E-state index is 0.231. The smallest absolute Gasteiger partial charge is 0.398 e. The summed E-state index contributed by atoms with van der Waals surface area (Å²) in [5.74, 6) is 0.585. The molecule has 0 aliphatic heterocycles. The number of halogens is 3. The van der Waals surface area contributed by atoms with E-state index in [-0.39, 0.29) is 5.69 Å². The molecular weight excluding hydrogens is 229 g/mol. The third-order valence-corrected chi connectivity index (χ3v) is 3.16. The predicted molar refractivity (Wildman–Crippen MR) is 61.7 cm³/mol. The zero-order valence-corrected chi connectivity index (χ0v) is 9.51. The third kappa shape index (κ3) is 2.65. The summed E-state index contributed by atoms with van der Waals surface area (Å²) in [7, 11) is 0. The van der Waals surface area contributed by atoms with E-state index < -0.39 is 11.7 Å². The first-order chi connectivity index (χ1) is 7.91. The number of benzene rings is 1. The van der Waals surface area contributed by atoms with Crippen molar-refractivity contribution in [3.63, 3.8) is 0 Å². The highest BCUT2D eigenvalue weighted by Gasteiger charge is 2.36. The van der Waals surface area contributed by atoms with Crippen LogP contribution in [-0.2, 0) is 6.18 Å². The van der Waals surface area contributed by atoms with E-state index in [4.69, 9.17) is 5.73 Å². The molecule has 2 nitrogen and oxygen atoms in total. The zero-order chi connectivity index (χ0) is 12.6. The number of anilines is 2. The molecule has 17 heavy (non-hydrogen) atoms. The van der Waals surface area contributed by atoms with Crippen molar-refractivity contribution < 1.29 is 13.2 Å². The molecule has 0 saturated heterocycles. The maximum absolute atomic E-state index is 12.6. The van der Waals surface area contributed by atoms with Gasteiger partial charge >= 0.3 is 6.18 Å². The number of rotatable bonds is 3. The normalized spacial score (nSPS) is 23.5. The van der Waals surface area contributed by atoms with Gasteiger partial charge in [-0.3, -0.25) is 0 Å². The Morgan fingerprint density at radius 3 is 2.65 bits per heavy atom. The summed E-state index contributed by atoms with van der Waals surface area (Å²) < 4.78 is 37.9. The van der Waals surface area contributed by atoms with E-state index in [9.17, 15) is 13.2 Å². The molecule has 1 aliphatic carbocycles. The van der Waals surface area contributed by atoms with E-state index in [1.807, 2.05) is 0 Å². The summed E-state index contributed by atoms with van der Waals surface area (Å²) in [6, 6.07) is 4.29. The van der Waals surface area contributed by atoms with E-state index in [1.165, 1.54) is 6.07 Å². The van der Waals surface area contributed by atoms with Crippen molar-refractivity contribution in [3.05, 3.63) is 23.8 Å². The van der Waals surface area contributed by atoms with Crippen molar-refractivity contribution >= 4 is 11.4 Å². The summed E-state index contributed by atoms with van der Waals surface area (Å²) in [6.45, 7) is 2.08. The summed E-state index contributed by atoms with van der Waals surface area (Å²) in [5, 5.41) is 3.10. The second-order valence-corrected chi connectivity index (χ2v) is 4.45. The molecule has 0 bridgehead atoms. The highest BCUT2D eigenvalue weighted by molar-refractivity contribution is 5.59. The van der Waals surface area contributed by atoms with Crippen LogP contribution in [-0.4, -0.2) is 6.04 Å². The molecule has 1 saturated carbocycles. The van der Waals surface area contributed by atoms with Crippen LogP contribution in [0.5, 0.6) is 0 Å². The average molecular weight is 244 g/mol.